The summed E-state index contributed by atoms with van der Waals surface area (Å²) in [6.07, 6.45) is 4.13. The van der Waals surface area contributed by atoms with Crippen molar-refractivity contribution in [2.24, 2.45) is 0 Å². The summed E-state index contributed by atoms with van der Waals surface area (Å²) in [7, 11) is 0. The molecule has 1 aromatic carbocycles. The number of benzene rings is 1. The Kier molecular flexibility index (Phi) is 6.50. The van der Waals surface area contributed by atoms with Crippen LogP contribution in [0.15, 0.2) is 38.6 Å². The topological polar surface area (TPSA) is 46.6 Å². The maximum absolute atomic E-state index is 12.2. The van der Waals surface area contributed by atoms with Gasteiger partial charge >= 0.3 is 0 Å². The molecule has 2 amide bonds. The summed E-state index contributed by atoms with van der Waals surface area (Å²) in [5, 5.41) is -0.216. The maximum Gasteiger partial charge on any atom is 0.293 e. The van der Waals surface area contributed by atoms with Crippen LogP contribution in [0.25, 0.3) is 6.08 Å². The fraction of sp³-hybridized carbons (Fsp3) is 0.250. The lowest BCUT2D eigenvalue weighted by atomic mass is 10.2. The van der Waals surface area contributed by atoms with Gasteiger partial charge in [0.2, 0.25) is 0 Å². The molecule has 7 heteroatoms. The van der Waals surface area contributed by atoms with E-state index < -0.39 is 0 Å². The van der Waals surface area contributed by atoms with E-state index in [0.717, 1.165) is 32.7 Å². The monoisotopic (exact) mass is 459 g/mol. The van der Waals surface area contributed by atoms with Crippen molar-refractivity contribution in [3.8, 4) is 5.75 Å². The number of rotatable bonds is 6. The van der Waals surface area contributed by atoms with Gasteiger partial charge in [0, 0.05) is 6.54 Å². The summed E-state index contributed by atoms with van der Waals surface area (Å²) in [6.45, 7) is 6.39. The Labute approximate surface area is 156 Å². The predicted octanol–water partition coefficient (Wildman–Crippen LogP) is 5.22. The zero-order chi connectivity index (χ0) is 17.0. The summed E-state index contributed by atoms with van der Waals surface area (Å²) < 4.78 is 7.08. The van der Waals surface area contributed by atoms with E-state index in [4.69, 9.17) is 4.74 Å². The second-order valence-electron chi connectivity index (χ2n) is 4.75. The van der Waals surface area contributed by atoms with E-state index in [-0.39, 0.29) is 11.1 Å². The van der Waals surface area contributed by atoms with Crippen molar-refractivity contribution in [2.45, 2.75) is 13.3 Å². The molecule has 0 bridgehead atoms. The Morgan fingerprint density at radius 3 is 2.52 bits per heavy atom. The SMILES string of the molecule is C=CCOc1c(Br)cc(/C=C2\SC(=O)N(CCC)C2=O)cc1Br. The molecule has 1 heterocycles. The predicted molar refractivity (Wildman–Crippen MR) is 101 cm³/mol. The number of hydrogen-bond donors (Lipinski definition) is 0. The van der Waals surface area contributed by atoms with E-state index in [2.05, 4.69) is 38.4 Å². The van der Waals surface area contributed by atoms with Gasteiger partial charge in [-0.3, -0.25) is 14.5 Å². The number of hydrogen-bond acceptors (Lipinski definition) is 4. The quantitative estimate of drug-likeness (QED) is 0.431. The lowest BCUT2D eigenvalue weighted by molar-refractivity contribution is -0.122. The summed E-state index contributed by atoms with van der Waals surface area (Å²) in [5.74, 6) is 0.433. The van der Waals surface area contributed by atoms with E-state index in [0.29, 0.717) is 23.8 Å². The van der Waals surface area contributed by atoms with Crippen molar-refractivity contribution in [1.82, 2.24) is 4.90 Å². The van der Waals surface area contributed by atoms with Crippen LogP contribution in [0, 0.1) is 0 Å². The van der Waals surface area contributed by atoms with Gasteiger partial charge in [0.25, 0.3) is 11.1 Å². The highest BCUT2D eigenvalue weighted by Gasteiger charge is 2.34. The number of amides is 2. The molecule has 23 heavy (non-hydrogen) atoms. The molecule has 1 fully saturated rings. The molecule has 1 aromatic rings. The third-order valence-electron chi connectivity index (χ3n) is 2.98. The Hall–Kier alpha value is -1.05. The van der Waals surface area contributed by atoms with E-state index in [1.807, 2.05) is 19.1 Å². The molecule has 1 aliphatic heterocycles. The van der Waals surface area contributed by atoms with Crippen LogP contribution < -0.4 is 4.74 Å². The van der Waals surface area contributed by atoms with Crippen LogP contribution >= 0.6 is 43.6 Å². The van der Waals surface area contributed by atoms with Crippen LogP contribution in [0.3, 0.4) is 0 Å². The Morgan fingerprint density at radius 2 is 1.96 bits per heavy atom. The van der Waals surface area contributed by atoms with Gasteiger partial charge in [-0.1, -0.05) is 19.6 Å². The summed E-state index contributed by atoms with van der Waals surface area (Å²) in [6, 6.07) is 3.69. The van der Waals surface area contributed by atoms with Crippen LogP contribution in [0.5, 0.6) is 5.75 Å². The third-order valence-corrected chi connectivity index (χ3v) is 5.07. The summed E-state index contributed by atoms with van der Waals surface area (Å²) in [5.41, 5.74) is 0.803. The zero-order valence-electron chi connectivity index (χ0n) is 12.5. The Morgan fingerprint density at radius 1 is 1.30 bits per heavy atom. The number of carbonyl (C=O) groups excluding carboxylic acids is 2. The van der Waals surface area contributed by atoms with Gasteiger partial charge in [0.15, 0.2) is 0 Å². The van der Waals surface area contributed by atoms with Crippen molar-refractivity contribution < 1.29 is 14.3 Å². The average Bonchev–Trinajstić information content (AvgIpc) is 2.74. The van der Waals surface area contributed by atoms with Gasteiger partial charge in [-0.25, -0.2) is 0 Å². The lowest BCUT2D eigenvalue weighted by Gasteiger charge is -2.10. The minimum atomic E-state index is -0.235. The summed E-state index contributed by atoms with van der Waals surface area (Å²) in [4.78, 5) is 25.8. The molecule has 0 radical (unpaired) electrons. The van der Waals surface area contributed by atoms with E-state index in [1.54, 1.807) is 12.2 Å². The van der Waals surface area contributed by atoms with E-state index in [1.165, 1.54) is 4.90 Å². The fourth-order valence-corrected chi connectivity index (χ4v) is 4.33. The minimum Gasteiger partial charge on any atom is -0.487 e. The highest BCUT2D eigenvalue weighted by atomic mass is 79.9. The van der Waals surface area contributed by atoms with Gasteiger partial charge < -0.3 is 4.74 Å². The number of carbonyl (C=O) groups is 2. The standard InChI is InChI=1S/C16H15Br2NO3S/c1-3-5-19-15(20)13(23-16(19)21)9-10-7-11(17)14(12(18)8-10)22-6-4-2/h4,7-9H,2-3,5-6H2,1H3/b13-9-. The molecule has 0 saturated carbocycles. The van der Waals surface area contributed by atoms with E-state index in [9.17, 15) is 9.59 Å². The second kappa shape index (κ2) is 8.17. The smallest absolute Gasteiger partial charge is 0.293 e. The van der Waals surface area contributed by atoms with Crippen LogP contribution in [0.1, 0.15) is 18.9 Å². The van der Waals surface area contributed by atoms with Crippen molar-refractivity contribution in [3.63, 3.8) is 0 Å². The molecule has 0 atom stereocenters. The molecule has 0 unspecified atom stereocenters. The molecular weight excluding hydrogens is 446 g/mol. The first-order valence-electron chi connectivity index (χ1n) is 6.96. The minimum absolute atomic E-state index is 0.216. The van der Waals surface area contributed by atoms with Crippen molar-refractivity contribution in [2.75, 3.05) is 13.2 Å². The molecule has 2 rings (SSSR count). The molecule has 1 aliphatic rings. The molecule has 1 saturated heterocycles. The first-order valence-corrected chi connectivity index (χ1v) is 9.36. The van der Waals surface area contributed by atoms with Crippen molar-refractivity contribution in [3.05, 3.63) is 44.2 Å². The first kappa shape index (κ1) is 18.3. The van der Waals surface area contributed by atoms with E-state index >= 15 is 0 Å². The largest absolute Gasteiger partial charge is 0.487 e. The third kappa shape index (κ3) is 4.28. The highest BCUT2D eigenvalue weighted by molar-refractivity contribution is 9.11. The number of nitrogens with zero attached hydrogens (tertiary/aromatic N) is 1. The van der Waals surface area contributed by atoms with Crippen LogP contribution in [0.4, 0.5) is 4.79 Å². The normalized spacial score (nSPS) is 16.3. The lowest BCUT2D eigenvalue weighted by Crippen LogP contribution is -2.28. The van der Waals surface area contributed by atoms with Crippen LogP contribution in [-0.4, -0.2) is 29.2 Å². The number of ether oxygens (including phenoxy) is 1. The first-order chi connectivity index (χ1) is 11.0. The number of halogens is 2. The van der Waals surface area contributed by atoms with Crippen molar-refractivity contribution >= 4 is 60.8 Å². The summed E-state index contributed by atoms with van der Waals surface area (Å²) >= 11 is 7.88. The molecule has 122 valence electrons. The van der Waals surface area contributed by atoms with Gasteiger partial charge in [0.1, 0.15) is 12.4 Å². The average molecular weight is 461 g/mol. The Balaban J connectivity index is 2.28. The van der Waals surface area contributed by atoms with Gasteiger partial charge in [-0.2, -0.15) is 0 Å². The number of thioether (sulfide) groups is 1. The van der Waals surface area contributed by atoms with Crippen LogP contribution in [-0.2, 0) is 4.79 Å². The van der Waals surface area contributed by atoms with Crippen LogP contribution in [0.2, 0.25) is 0 Å². The molecule has 4 nitrogen and oxygen atoms in total. The molecule has 0 spiro atoms. The fourth-order valence-electron chi connectivity index (χ4n) is 2.01. The molecule has 0 aromatic heterocycles. The Bertz CT molecular complexity index is 665. The van der Waals surface area contributed by atoms with Gasteiger partial charge in [0.05, 0.1) is 13.9 Å². The molecule has 0 aliphatic carbocycles. The second-order valence-corrected chi connectivity index (χ2v) is 7.45. The van der Waals surface area contributed by atoms with Gasteiger partial charge in [-0.15, -0.1) is 0 Å². The molecular formula is C16H15Br2NO3S. The molecule has 0 N–H and O–H groups in total. The van der Waals surface area contributed by atoms with Crippen molar-refractivity contribution in [1.29, 1.82) is 0 Å². The highest BCUT2D eigenvalue weighted by Crippen LogP contribution is 2.37. The van der Waals surface area contributed by atoms with Gasteiger partial charge in [-0.05, 0) is 73.8 Å². The zero-order valence-corrected chi connectivity index (χ0v) is 16.5. The maximum atomic E-state index is 12.2. The number of imide groups is 1.